The fourth-order valence-corrected chi connectivity index (χ4v) is 2.94. The SMILES string of the molecule is COc1cc(NC(=O)c2ccc(-c3ncccc3OC)c(OC)c2)cc(C(F)(F)F)c1. The van der Waals surface area contributed by atoms with Crippen LogP contribution in [0.4, 0.5) is 18.9 Å². The molecule has 0 aliphatic carbocycles. The third kappa shape index (κ3) is 4.88. The van der Waals surface area contributed by atoms with Gasteiger partial charge in [0.25, 0.3) is 5.91 Å². The van der Waals surface area contributed by atoms with Gasteiger partial charge < -0.3 is 19.5 Å². The molecule has 6 nitrogen and oxygen atoms in total. The van der Waals surface area contributed by atoms with Crippen molar-refractivity contribution < 1.29 is 32.2 Å². The second kappa shape index (κ2) is 8.95. The smallest absolute Gasteiger partial charge is 0.416 e. The number of ether oxygens (including phenoxy) is 3. The summed E-state index contributed by atoms with van der Waals surface area (Å²) in [7, 11) is 4.20. The summed E-state index contributed by atoms with van der Waals surface area (Å²) in [5.41, 5.74) is 0.323. The molecule has 1 amide bonds. The number of amides is 1. The summed E-state index contributed by atoms with van der Waals surface area (Å²) < 4.78 is 55.0. The van der Waals surface area contributed by atoms with Gasteiger partial charge in [-0.2, -0.15) is 13.2 Å². The molecule has 0 bridgehead atoms. The predicted molar refractivity (Wildman–Crippen MR) is 109 cm³/mol. The molecule has 0 fully saturated rings. The first-order valence-electron chi connectivity index (χ1n) is 9.02. The third-order valence-electron chi connectivity index (χ3n) is 4.44. The fraction of sp³-hybridized carbons (Fsp3) is 0.182. The second-order valence-corrected chi connectivity index (χ2v) is 6.37. The van der Waals surface area contributed by atoms with Gasteiger partial charge in [0, 0.05) is 29.1 Å². The number of nitrogens with zero attached hydrogens (tertiary/aromatic N) is 1. The van der Waals surface area contributed by atoms with Crippen molar-refractivity contribution in [3.8, 4) is 28.5 Å². The Labute approximate surface area is 176 Å². The Balaban J connectivity index is 1.93. The first kappa shape index (κ1) is 21.9. The van der Waals surface area contributed by atoms with Gasteiger partial charge in [-0.25, -0.2) is 0 Å². The van der Waals surface area contributed by atoms with E-state index in [4.69, 9.17) is 14.2 Å². The maximum atomic E-state index is 13.1. The van der Waals surface area contributed by atoms with Crippen molar-refractivity contribution >= 4 is 11.6 Å². The zero-order chi connectivity index (χ0) is 22.6. The number of pyridine rings is 1. The van der Waals surface area contributed by atoms with E-state index in [1.807, 2.05) is 0 Å². The molecule has 31 heavy (non-hydrogen) atoms. The number of halogens is 3. The van der Waals surface area contributed by atoms with Crippen LogP contribution in [0.3, 0.4) is 0 Å². The van der Waals surface area contributed by atoms with Crippen molar-refractivity contribution in [3.63, 3.8) is 0 Å². The molecular weight excluding hydrogens is 413 g/mol. The Bertz CT molecular complexity index is 1100. The minimum absolute atomic E-state index is 0.0275. The van der Waals surface area contributed by atoms with E-state index in [1.165, 1.54) is 39.5 Å². The van der Waals surface area contributed by atoms with E-state index in [0.717, 1.165) is 12.1 Å². The van der Waals surface area contributed by atoms with Gasteiger partial charge in [-0.3, -0.25) is 9.78 Å². The first-order chi connectivity index (χ1) is 14.8. The number of hydrogen-bond acceptors (Lipinski definition) is 5. The van der Waals surface area contributed by atoms with E-state index in [1.54, 1.807) is 24.4 Å². The number of alkyl halides is 3. The molecule has 0 aliphatic heterocycles. The van der Waals surface area contributed by atoms with Gasteiger partial charge in [-0.1, -0.05) is 0 Å². The Morgan fingerprint density at radius 3 is 2.32 bits per heavy atom. The highest BCUT2D eigenvalue weighted by atomic mass is 19.4. The van der Waals surface area contributed by atoms with Crippen LogP contribution in [0.2, 0.25) is 0 Å². The Morgan fingerprint density at radius 1 is 0.935 bits per heavy atom. The molecule has 1 N–H and O–H groups in total. The molecule has 0 saturated carbocycles. The zero-order valence-electron chi connectivity index (χ0n) is 16.9. The molecule has 0 spiro atoms. The number of aromatic nitrogens is 1. The van der Waals surface area contributed by atoms with Gasteiger partial charge in [0.05, 0.1) is 26.9 Å². The highest BCUT2D eigenvalue weighted by Crippen LogP contribution is 2.36. The average molecular weight is 432 g/mol. The molecule has 1 aromatic heterocycles. The number of carbonyl (C=O) groups is 1. The average Bonchev–Trinajstić information content (AvgIpc) is 2.77. The number of carbonyl (C=O) groups excluding carboxylic acids is 1. The lowest BCUT2D eigenvalue weighted by Gasteiger charge is -2.14. The fourth-order valence-electron chi connectivity index (χ4n) is 2.94. The molecule has 0 saturated heterocycles. The molecule has 3 rings (SSSR count). The Kier molecular flexibility index (Phi) is 6.33. The molecule has 9 heteroatoms. The van der Waals surface area contributed by atoms with Crippen LogP contribution in [0.25, 0.3) is 11.3 Å². The van der Waals surface area contributed by atoms with Gasteiger partial charge in [0.15, 0.2) is 0 Å². The van der Waals surface area contributed by atoms with Gasteiger partial charge in [-0.15, -0.1) is 0 Å². The molecule has 162 valence electrons. The van der Waals surface area contributed by atoms with Crippen LogP contribution >= 0.6 is 0 Å². The normalized spacial score (nSPS) is 11.0. The third-order valence-corrected chi connectivity index (χ3v) is 4.44. The Morgan fingerprint density at radius 2 is 1.68 bits per heavy atom. The quantitative estimate of drug-likeness (QED) is 0.591. The standard InChI is InChI=1S/C22H19F3N2O4/c1-29-16-11-14(22(23,24)25)10-15(12-16)27-21(28)13-6-7-17(19(9-13)31-3)20-18(30-2)5-4-8-26-20/h4-12H,1-3H3,(H,27,28). The largest absolute Gasteiger partial charge is 0.497 e. The maximum absolute atomic E-state index is 13.1. The lowest BCUT2D eigenvalue weighted by Crippen LogP contribution is -2.14. The van der Waals surface area contributed by atoms with Crippen LogP contribution in [0.15, 0.2) is 54.7 Å². The number of methoxy groups -OCH3 is 3. The summed E-state index contributed by atoms with van der Waals surface area (Å²) in [4.78, 5) is 17.0. The van der Waals surface area contributed by atoms with Crippen molar-refractivity contribution in [2.24, 2.45) is 0 Å². The molecule has 0 radical (unpaired) electrons. The molecule has 1 heterocycles. The van der Waals surface area contributed by atoms with Gasteiger partial charge in [0.1, 0.15) is 22.9 Å². The number of anilines is 1. The lowest BCUT2D eigenvalue weighted by molar-refractivity contribution is -0.137. The summed E-state index contributed by atoms with van der Waals surface area (Å²) in [6.45, 7) is 0. The number of hydrogen-bond donors (Lipinski definition) is 1. The molecule has 3 aromatic rings. The van der Waals surface area contributed by atoms with E-state index < -0.39 is 17.6 Å². The molecule has 0 atom stereocenters. The van der Waals surface area contributed by atoms with Gasteiger partial charge in [0.2, 0.25) is 0 Å². The van der Waals surface area contributed by atoms with Crippen LogP contribution in [-0.2, 0) is 6.18 Å². The monoisotopic (exact) mass is 432 g/mol. The van der Waals surface area contributed by atoms with Crippen molar-refractivity contribution in [1.29, 1.82) is 0 Å². The first-order valence-corrected chi connectivity index (χ1v) is 9.02. The summed E-state index contributed by atoms with van der Waals surface area (Å²) >= 11 is 0. The van der Waals surface area contributed by atoms with Crippen molar-refractivity contribution in [1.82, 2.24) is 4.98 Å². The zero-order valence-corrected chi connectivity index (χ0v) is 16.9. The second-order valence-electron chi connectivity index (χ2n) is 6.37. The number of nitrogens with one attached hydrogen (secondary N) is 1. The minimum Gasteiger partial charge on any atom is -0.497 e. The highest BCUT2D eigenvalue weighted by molar-refractivity contribution is 6.05. The van der Waals surface area contributed by atoms with Crippen LogP contribution in [0.5, 0.6) is 17.2 Å². The van der Waals surface area contributed by atoms with Crippen LogP contribution in [0.1, 0.15) is 15.9 Å². The molecule has 0 aliphatic rings. The molecule has 0 unspecified atom stereocenters. The summed E-state index contributed by atoms with van der Waals surface area (Å²) in [6, 6.07) is 11.1. The van der Waals surface area contributed by atoms with Crippen LogP contribution in [-0.4, -0.2) is 32.2 Å². The summed E-state index contributed by atoms with van der Waals surface area (Å²) in [6.07, 6.45) is -2.99. The van der Waals surface area contributed by atoms with Gasteiger partial charge >= 0.3 is 6.18 Å². The summed E-state index contributed by atoms with van der Waals surface area (Å²) in [5.74, 6) is 0.236. The number of benzene rings is 2. The van der Waals surface area contributed by atoms with E-state index in [2.05, 4.69) is 10.3 Å². The van der Waals surface area contributed by atoms with Crippen molar-refractivity contribution in [2.45, 2.75) is 6.18 Å². The van der Waals surface area contributed by atoms with E-state index >= 15 is 0 Å². The maximum Gasteiger partial charge on any atom is 0.416 e. The van der Waals surface area contributed by atoms with Crippen LogP contribution < -0.4 is 19.5 Å². The molecular formula is C22H19F3N2O4. The summed E-state index contributed by atoms with van der Waals surface area (Å²) in [5, 5.41) is 2.46. The molecule has 2 aromatic carbocycles. The van der Waals surface area contributed by atoms with Gasteiger partial charge in [-0.05, 0) is 42.5 Å². The topological polar surface area (TPSA) is 69.7 Å². The lowest BCUT2D eigenvalue weighted by atomic mass is 10.1. The highest BCUT2D eigenvalue weighted by Gasteiger charge is 2.31. The number of rotatable bonds is 6. The van der Waals surface area contributed by atoms with Crippen molar-refractivity contribution in [3.05, 3.63) is 65.9 Å². The minimum atomic E-state index is -4.58. The van der Waals surface area contributed by atoms with Crippen molar-refractivity contribution in [2.75, 3.05) is 26.6 Å². The van der Waals surface area contributed by atoms with Crippen LogP contribution in [0, 0.1) is 0 Å². The van der Waals surface area contributed by atoms with E-state index in [0.29, 0.717) is 22.8 Å². The predicted octanol–water partition coefficient (Wildman–Crippen LogP) is 5.05. The van der Waals surface area contributed by atoms with E-state index in [9.17, 15) is 18.0 Å². The Hall–Kier alpha value is -3.75. The van der Waals surface area contributed by atoms with E-state index in [-0.39, 0.29) is 17.0 Å².